The molecule has 3 N–H and O–H groups in total. The molecule has 0 aliphatic carbocycles. The molecule has 2 aromatic rings. The van der Waals surface area contributed by atoms with Crippen LogP contribution in [0.15, 0.2) is 36.7 Å². The van der Waals surface area contributed by atoms with Crippen molar-refractivity contribution < 1.29 is 9.53 Å². The molecule has 0 saturated heterocycles. The van der Waals surface area contributed by atoms with E-state index in [1.165, 1.54) is 6.20 Å². The standard InChI is InChI=1S/C14H17ClN4O2/c1-9(18-14(20)19-12-7-16-17-8-12)13(21-2)10-3-5-11(15)6-4-10/h3-9,13H,1-2H3,(H,16,17)(H2,18,19,20)/t9-,13-/m1/s1. The molecule has 0 radical (unpaired) electrons. The van der Waals surface area contributed by atoms with E-state index in [1.807, 2.05) is 19.1 Å². The Kier molecular flexibility index (Phi) is 5.19. The van der Waals surface area contributed by atoms with Gasteiger partial charge in [-0.15, -0.1) is 0 Å². The van der Waals surface area contributed by atoms with E-state index in [1.54, 1.807) is 25.4 Å². The number of carbonyl (C=O) groups excluding carboxylic acids is 1. The average molecular weight is 309 g/mol. The summed E-state index contributed by atoms with van der Waals surface area (Å²) in [5, 5.41) is 12.5. The largest absolute Gasteiger partial charge is 0.375 e. The number of amides is 2. The number of hydrogen-bond donors (Lipinski definition) is 3. The molecule has 21 heavy (non-hydrogen) atoms. The predicted molar refractivity (Wildman–Crippen MR) is 81.4 cm³/mol. The van der Waals surface area contributed by atoms with Crippen LogP contribution in [0.1, 0.15) is 18.6 Å². The summed E-state index contributed by atoms with van der Waals surface area (Å²) in [5.41, 5.74) is 1.54. The highest BCUT2D eigenvalue weighted by molar-refractivity contribution is 6.30. The molecular formula is C14H17ClN4O2. The normalized spacial score (nSPS) is 13.5. The molecule has 112 valence electrons. The second-order valence-corrected chi connectivity index (χ2v) is 5.02. The second-order valence-electron chi connectivity index (χ2n) is 4.58. The van der Waals surface area contributed by atoms with Crippen LogP contribution in [0.3, 0.4) is 0 Å². The van der Waals surface area contributed by atoms with Gasteiger partial charge in [-0.2, -0.15) is 5.10 Å². The van der Waals surface area contributed by atoms with E-state index in [0.717, 1.165) is 5.56 Å². The molecule has 0 aliphatic heterocycles. The third-order valence-corrected chi connectivity index (χ3v) is 3.27. The average Bonchev–Trinajstić information content (AvgIpc) is 2.94. The highest BCUT2D eigenvalue weighted by Gasteiger charge is 2.20. The number of nitrogens with zero attached hydrogens (tertiary/aromatic N) is 1. The lowest BCUT2D eigenvalue weighted by molar-refractivity contribution is 0.0770. The first kappa shape index (κ1) is 15.3. The van der Waals surface area contributed by atoms with Crippen LogP contribution < -0.4 is 10.6 Å². The third kappa shape index (κ3) is 4.21. The van der Waals surface area contributed by atoms with Gasteiger partial charge in [0.05, 0.1) is 17.9 Å². The number of carbonyl (C=O) groups is 1. The number of methoxy groups -OCH3 is 1. The van der Waals surface area contributed by atoms with Crippen LogP contribution in [0.25, 0.3) is 0 Å². The zero-order valence-electron chi connectivity index (χ0n) is 11.8. The maximum absolute atomic E-state index is 11.9. The van der Waals surface area contributed by atoms with Crippen LogP contribution in [0, 0.1) is 0 Å². The molecule has 0 fully saturated rings. The van der Waals surface area contributed by atoms with E-state index < -0.39 is 0 Å². The lowest BCUT2D eigenvalue weighted by Gasteiger charge is -2.24. The van der Waals surface area contributed by atoms with E-state index in [9.17, 15) is 4.79 Å². The third-order valence-electron chi connectivity index (χ3n) is 3.02. The van der Waals surface area contributed by atoms with Crippen molar-refractivity contribution in [2.24, 2.45) is 0 Å². The molecule has 2 amide bonds. The molecule has 0 spiro atoms. The van der Waals surface area contributed by atoms with Crippen LogP contribution in [-0.4, -0.2) is 29.4 Å². The van der Waals surface area contributed by atoms with E-state index in [2.05, 4.69) is 20.8 Å². The minimum atomic E-state index is -0.320. The number of halogens is 1. The number of rotatable bonds is 5. The van der Waals surface area contributed by atoms with E-state index in [4.69, 9.17) is 16.3 Å². The molecule has 0 saturated carbocycles. The number of aromatic amines is 1. The fraction of sp³-hybridized carbons (Fsp3) is 0.286. The number of hydrogen-bond acceptors (Lipinski definition) is 3. The van der Waals surface area contributed by atoms with Gasteiger partial charge in [0.15, 0.2) is 0 Å². The number of ether oxygens (including phenoxy) is 1. The highest BCUT2D eigenvalue weighted by Crippen LogP contribution is 2.22. The van der Waals surface area contributed by atoms with Gasteiger partial charge in [-0.25, -0.2) is 4.79 Å². The van der Waals surface area contributed by atoms with E-state index in [-0.39, 0.29) is 18.2 Å². The van der Waals surface area contributed by atoms with Gasteiger partial charge < -0.3 is 15.4 Å². The van der Waals surface area contributed by atoms with Crippen molar-refractivity contribution in [1.29, 1.82) is 0 Å². The summed E-state index contributed by atoms with van der Waals surface area (Å²) in [5.74, 6) is 0. The van der Waals surface area contributed by atoms with Crippen molar-refractivity contribution >= 4 is 23.3 Å². The van der Waals surface area contributed by atoms with Gasteiger partial charge >= 0.3 is 6.03 Å². The van der Waals surface area contributed by atoms with Crippen molar-refractivity contribution in [2.45, 2.75) is 19.1 Å². The molecular weight excluding hydrogens is 292 g/mol. The molecule has 6 nitrogen and oxygen atoms in total. The molecule has 0 bridgehead atoms. The SMILES string of the molecule is CO[C@@H](c1ccc(Cl)cc1)[C@@H](C)NC(=O)Nc1cn[nH]c1. The van der Waals surface area contributed by atoms with Gasteiger partial charge in [0.25, 0.3) is 0 Å². The maximum Gasteiger partial charge on any atom is 0.319 e. The van der Waals surface area contributed by atoms with Crippen molar-refractivity contribution in [2.75, 3.05) is 12.4 Å². The molecule has 1 aromatic heterocycles. The van der Waals surface area contributed by atoms with Crippen LogP contribution in [-0.2, 0) is 4.74 Å². The fourth-order valence-electron chi connectivity index (χ4n) is 2.05. The minimum absolute atomic E-state index is 0.219. The number of urea groups is 1. The van der Waals surface area contributed by atoms with Gasteiger partial charge in [-0.3, -0.25) is 5.10 Å². The zero-order chi connectivity index (χ0) is 15.2. The molecule has 2 rings (SSSR count). The van der Waals surface area contributed by atoms with Crippen LogP contribution in [0.4, 0.5) is 10.5 Å². The van der Waals surface area contributed by atoms with Crippen molar-refractivity contribution in [3.05, 3.63) is 47.2 Å². The van der Waals surface area contributed by atoms with Crippen LogP contribution >= 0.6 is 11.6 Å². The van der Waals surface area contributed by atoms with Gasteiger partial charge in [0, 0.05) is 18.3 Å². The minimum Gasteiger partial charge on any atom is -0.375 e. The topological polar surface area (TPSA) is 79.0 Å². The van der Waals surface area contributed by atoms with Crippen molar-refractivity contribution in [1.82, 2.24) is 15.5 Å². The Hall–Kier alpha value is -2.05. The number of aromatic nitrogens is 2. The highest BCUT2D eigenvalue weighted by atomic mass is 35.5. The second kappa shape index (κ2) is 7.10. The molecule has 2 atom stereocenters. The van der Waals surface area contributed by atoms with Gasteiger partial charge in [0.2, 0.25) is 0 Å². The summed E-state index contributed by atoms with van der Waals surface area (Å²) in [7, 11) is 1.60. The quantitative estimate of drug-likeness (QED) is 0.794. The number of nitrogens with one attached hydrogen (secondary N) is 3. The Balaban J connectivity index is 1.98. The Morgan fingerprint density at radius 3 is 2.67 bits per heavy atom. The number of H-pyrrole nitrogens is 1. The molecule has 1 aromatic carbocycles. The Labute approximate surface area is 127 Å². The monoisotopic (exact) mass is 308 g/mol. The fourth-order valence-corrected chi connectivity index (χ4v) is 2.18. The first-order valence-electron chi connectivity index (χ1n) is 6.44. The summed E-state index contributed by atoms with van der Waals surface area (Å²) >= 11 is 5.87. The smallest absolute Gasteiger partial charge is 0.319 e. The molecule has 1 heterocycles. The number of anilines is 1. The van der Waals surface area contributed by atoms with E-state index >= 15 is 0 Å². The van der Waals surface area contributed by atoms with Gasteiger partial charge in [-0.05, 0) is 24.6 Å². The summed E-state index contributed by atoms with van der Waals surface area (Å²) in [6.45, 7) is 1.87. The first-order chi connectivity index (χ1) is 10.1. The molecule has 7 heteroatoms. The summed E-state index contributed by atoms with van der Waals surface area (Å²) in [6.07, 6.45) is 2.85. The Bertz CT molecular complexity index is 571. The Morgan fingerprint density at radius 1 is 1.38 bits per heavy atom. The molecule has 0 unspecified atom stereocenters. The summed E-state index contributed by atoms with van der Waals surface area (Å²) < 4.78 is 5.47. The van der Waals surface area contributed by atoms with Crippen molar-refractivity contribution in [3.8, 4) is 0 Å². The van der Waals surface area contributed by atoms with E-state index in [0.29, 0.717) is 10.7 Å². The first-order valence-corrected chi connectivity index (χ1v) is 6.82. The maximum atomic E-state index is 11.9. The van der Waals surface area contributed by atoms with Gasteiger partial charge in [0.1, 0.15) is 6.10 Å². The Morgan fingerprint density at radius 2 is 2.10 bits per heavy atom. The lowest BCUT2D eigenvalue weighted by atomic mass is 10.0. The summed E-state index contributed by atoms with van der Waals surface area (Å²) in [4.78, 5) is 11.9. The lowest BCUT2D eigenvalue weighted by Crippen LogP contribution is -2.40. The zero-order valence-corrected chi connectivity index (χ0v) is 12.5. The predicted octanol–water partition coefficient (Wildman–Crippen LogP) is 2.96. The van der Waals surface area contributed by atoms with Gasteiger partial charge in [-0.1, -0.05) is 23.7 Å². The number of benzene rings is 1. The molecule has 0 aliphatic rings. The summed E-state index contributed by atoms with van der Waals surface area (Å²) in [6, 6.07) is 6.80. The van der Waals surface area contributed by atoms with Crippen LogP contribution in [0.5, 0.6) is 0 Å². The van der Waals surface area contributed by atoms with Crippen molar-refractivity contribution in [3.63, 3.8) is 0 Å². The van der Waals surface area contributed by atoms with Crippen LogP contribution in [0.2, 0.25) is 5.02 Å².